The highest BCUT2D eigenvalue weighted by Gasteiger charge is 2.29. The first-order valence-corrected chi connectivity index (χ1v) is 11.0. The SMILES string of the molecule is CC1CCc2c(sc(NC(=O)COC(=O)c3ccc(C=O)cc3)c2C(=O)OC(C)C)C1. The van der Waals surface area contributed by atoms with E-state index in [0.29, 0.717) is 28.3 Å². The van der Waals surface area contributed by atoms with Crippen molar-refractivity contribution in [1.29, 1.82) is 0 Å². The number of esters is 2. The normalized spacial score (nSPS) is 15.2. The van der Waals surface area contributed by atoms with Crippen LogP contribution in [0.5, 0.6) is 0 Å². The quantitative estimate of drug-likeness (QED) is 0.512. The van der Waals surface area contributed by atoms with Crippen LogP contribution in [0, 0.1) is 5.92 Å². The van der Waals surface area contributed by atoms with E-state index in [1.165, 1.54) is 35.6 Å². The van der Waals surface area contributed by atoms with Crippen molar-refractivity contribution in [3.63, 3.8) is 0 Å². The molecule has 1 N–H and O–H groups in total. The maximum Gasteiger partial charge on any atom is 0.341 e. The molecule has 1 heterocycles. The molecule has 8 heteroatoms. The molecule has 0 radical (unpaired) electrons. The fourth-order valence-electron chi connectivity index (χ4n) is 3.40. The zero-order valence-electron chi connectivity index (χ0n) is 17.7. The van der Waals surface area contributed by atoms with E-state index in [0.717, 1.165) is 29.7 Å². The molecule has 3 rings (SSSR count). The molecule has 0 spiro atoms. The van der Waals surface area contributed by atoms with Gasteiger partial charge in [-0.25, -0.2) is 9.59 Å². The number of carbonyl (C=O) groups is 4. The molecule has 2 aromatic rings. The predicted molar refractivity (Wildman–Crippen MR) is 117 cm³/mol. The van der Waals surface area contributed by atoms with E-state index in [1.807, 2.05) is 0 Å². The Morgan fingerprint density at radius 3 is 2.55 bits per heavy atom. The van der Waals surface area contributed by atoms with Crippen molar-refractivity contribution in [2.45, 2.75) is 46.1 Å². The smallest absolute Gasteiger partial charge is 0.341 e. The summed E-state index contributed by atoms with van der Waals surface area (Å²) in [7, 11) is 0. The number of hydrogen-bond acceptors (Lipinski definition) is 7. The Kier molecular flexibility index (Phi) is 7.22. The zero-order chi connectivity index (χ0) is 22.5. The van der Waals surface area contributed by atoms with Gasteiger partial charge < -0.3 is 14.8 Å². The van der Waals surface area contributed by atoms with Gasteiger partial charge in [-0.1, -0.05) is 19.1 Å². The third kappa shape index (κ3) is 5.58. The summed E-state index contributed by atoms with van der Waals surface area (Å²) in [6, 6.07) is 5.90. The standard InChI is InChI=1S/C23H25NO6S/c1-13(2)30-23(28)20-17-9-4-14(3)10-18(17)31-21(20)24-19(26)12-29-22(27)16-7-5-15(11-25)6-8-16/h5-8,11,13-14H,4,9-10,12H2,1-3H3,(H,24,26). The number of carbonyl (C=O) groups excluding carboxylic acids is 4. The van der Waals surface area contributed by atoms with Gasteiger partial charge in [0.2, 0.25) is 0 Å². The Bertz CT molecular complexity index is 992. The number of thiophene rings is 1. The average Bonchev–Trinajstić information content (AvgIpc) is 3.08. The molecule has 7 nitrogen and oxygen atoms in total. The lowest BCUT2D eigenvalue weighted by Gasteiger charge is -2.18. The van der Waals surface area contributed by atoms with Crippen LogP contribution in [0.2, 0.25) is 0 Å². The first-order valence-electron chi connectivity index (χ1n) is 10.2. The van der Waals surface area contributed by atoms with Crippen molar-refractivity contribution in [2.75, 3.05) is 11.9 Å². The predicted octanol–water partition coefficient (Wildman–Crippen LogP) is 4.05. The first-order chi connectivity index (χ1) is 14.8. The Morgan fingerprint density at radius 2 is 1.90 bits per heavy atom. The number of fused-ring (bicyclic) bond motifs is 1. The summed E-state index contributed by atoms with van der Waals surface area (Å²) in [5.41, 5.74) is 2.02. The third-order valence-corrected chi connectivity index (χ3v) is 6.10. The van der Waals surface area contributed by atoms with Crippen LogP contribution >= 0.6 is 11.3 Å². The first kappa shape index (κ1) is 22.7. The van der Waals surface area contributed by atoms with E-state index in [2.05, 4.69) is 12.2 Å². The van der Waals surface area contributed by atoms with Gasteiger partial charge in [-0.2, -0.15) is 0 Å². The highest BCUT2D eigenvalue weighted by molar-refractivity contribution is 7.17. The van der Waals surface area contributed by atoms with Gasteiger partial charge in [0.25, 0.3) is 5.91 Å². The lowest BCUT2D eigenvalue weighted by atomic mass is 9.88. The van der Waals surface area contributed by atoms with Gasteiger partial charge in [0.1, 0.15) is 11.3 Å². The van der Waals surface area contributed by atoms with Crippen molar-refractivity contribution in [2.24, 2.45) is 5.92 Å². The molecule has 1 atom stereocenters. The second-order valence-corrected chi connectivity index (χ2v) is 8.98. The van der Waals surface area contributed by atoms with E-state index >= 15 is 0 Å². The largest absolute Gasteiger partial charge is 0.459 e. The lowest BCUT2D eigenvalue weighted by molar-refractivity contribution is -0.119. The van der Waals surface area contributed by atoms with Crippen LogP contribution in [0.3, 0.4) is 0 Å². The van der Waals surface area contributed by atoms with Crippen LogP contribution in [0.15, 0.2) is 24.3 Å². The molecule has 1 unspecified atom stereocenters. The van der Waals surface area contributed by atoms with Gasteiger partial charge in [0.15, 0.2) is 6.61 Å². The molecule has 1 aliphatic rings. The third-order valence-electron chi connectivity index (χ3n) is 4.93. The summed E-state index contributed by atoms with van der Waals surface area (Å²) < 4.78 is 10.5. The maximum absolute atomic E-state index is 12.7. The second-order valence-electron chi connectivity index (χ2n) is 7.87. The number of benzene rings is 1. The summed E-state index contributed by atoms with van der Waals surface area (Å²) in [5.74, 6) is -1.16. The fourth-order valence-corrected chi connectivity index (χ4v) is 4.82. The van der Waals surface area contributed by atoms with E-state index in [-0.39, 0.29) is 11.7 Å². The minimum absolute atomic E-state index is 0.236. The molecular weight excluding hydrogens is 418 g/mol. The Morgan fingerprint density at radius 1 is 1.19 bits per heavy atom. The van der Waals surface area contributed by atoms with Gasteiger partial charge in [0, 0.05) is 10.4 Å². The van der Waals surface area contributed by atoms with Crippen LogP contribution in [0.1, 0.15) is 68.7 Å². The van der Waals surface area contributed by atoms with E-state index in [4.69, 9.17) is 9.47 Å². The molecule has 1 amide bonds. The Balaban J connectivity index is 1.70. The molecule has 1 aromatic heterocycles. The molecule has 0 fully saturated rings. The molecular formula is C23H25NO6S. The van der Waals surface area contributed by atoms with Gasteiger partial charge in [-0.15, -0.1) is 11.3 Å². The lowest BCUT2D eigenvalue weighted by Crippen LogP contribution is -2.22. The number of anilines is 1. The van der Waals surface area contributed by atoms with Gasteiger partial charge in [-0.3, -0.25) is 9.59 Å². The summed E-state index contributed by atoms with van der Waals surface area (Å²) in [4.78, 5) is 49.1. The topological polar surface area (TPSA) is 98.8 Å². The van der Waals surface area contributed by atoms with Crippen LogP contribution in [-0.4, -0.2) is 36.8 Å². The fraction of sp³-hybridized carbons (Fsp3) is 0.391. The summed E-state index contributed by atoms with van der Waals surface area (Å²) >= 11 is 1.38. The van der Waals surface area contributed by atoms with Crippen molar-refractivity contribution >= 4 is 40.5 Å². The molecule has 0 aliphatic heterocycles. The number of amides is 1. The van der Waals surface area contributed by atoms with Crippen molar-refractivity contribution < 1.29 is 28.7 Å². The number of hydrogen-bond donors (Lipinski definition) is 1. The minimum Gasteiger partial charge on any atom is -0.459 e. The summed E-state index contributed by atoms with van der Waals surface area (Å²) in [6.07, 6.45) is 2.98. The monoisotopic (exact) mass is 443 g/mol. The molecule has 0 saturated heterocycles. The summed E-state index contributed by atoms with van der Waals surface area (Å²) in [5, 5.41) is 3.15. The Labute approximate surface area is 184 Å². The highest BCUT2D eigenvalue weighted by atomic mass is 32.1. The van der Waals surface area contributed by atoms with E-state index in [1.54, 1.807) is 13.8 Å². The van der Waals surface area contributed by atoms with Crippen molar-refractivity contribution in [1.82, 2.24) is 0 Å². The molecule has 31 heavy (non-hydrogen) atoms. The molecule has 1 aliphatic carbocycles. The second kappa shape index (κ2) is 9.87. The minimum atomic E-state index is -0.675. The van der Waals surface area contributed by atoms with Gasteiger partial charge >= 0.3 is 11.9 Å². The van der Waals surface area contributed by atoms with Crippen LogP contribution in [0.25, 0.3) is 0 Å². The highest BCUT2D eigenvalue weighted by Crippen LogP contribution is 2.40. The van der Waals surface area contributed by atoms with Gasteiger partial charge in [-0.05, 0) is 56.7 Å². The summed E-state index contributed by atoms with van der Waals surface area (Å²) in [6.45, 7) is 5.22. The van der Waals surface area contributed by atoms with Crippen molar-refractivity contribution in [3.05, 3.63) is 51.4 Å². The van der Waals surface area contributed by atoms with Crippen LogP contribution in [0.4, 0.5) is 5.00 Å². The molecule has 0 bridgehead atoms. The molecule has 0 saturated carbocycles. The average molecular weight is 444 g/mol. The number of rotatable bonds is 7. The van der Waals surface area contributed by atoms with Gasteiger partial charge in [0.05, 0.1) is 17.2 Å². The van der Waals surface area contributed by atoms with E-state index < -0.39 is 24.5 Å². The zero-order valence-corrected chi connectivity index (χ0v) is 18.5. The Hall–Kier alpha value is -3.00. The van der Waals surface area contributed by atoms with Crippen LogP contribution in [-0.2, 0) is 27.1 Å². The van der Waals surface area contributed by atoms with E-state index in [9.17, 15) is 19.2 Å². The molecule has 164 valence electrons. The maximum atomic E-state index is 12.7. The number of nitrogens with one attached hydrogen (secondary N) is 1. The number of aldehydes is 1. The van der Waals surface area contributed by atoms with Crippen LogP contribution < -0.4 is 5.32 Å². The number of ether oxygens (including phenoxy) is 2. The van der Waals surface area contributed by atoms with Crippen molar-refractivity contribution in [3.8, 4) is 0 Å². The molecule has 1 aromatic carbocycles.